The van der Waals surface area contributed by atoms with E-state index in [0.29, 0.717) is 23.7 Å². The second-order valence-electron chi connectivity index (χ2n) is 8.30. The largest absolute Gasteiger partial charge is 0.506 e. The first-order valence-electron chi connectivity index (χ1n) is 10.2. The van der Waals surface area contributed by atoms with Crippen LogP contribution in [0.15, 0.2) is 48.8 Å². The zero-order valence-electron chi connectivity index (χ0n) is 16.5. The summed E-state index contributed by atoms with van der Waals surface area (Å²) < 4.78 is 7.99. The van der Waals surface area contributed by atoms with Gasteiger partial charge in [0.25, 0.3) is 0 Å². The van der Waals surface area contributed by atoms with Crippen molar-refractivity contribution in [2.45, 2.75) is 37.8 Å². The first-order valence-corrected chi connectivity index (χ1v) is 10.2. The number of phenols is 1. The van der Waals surface area contributed by atoms with Crippen molar-refractivity contribution in [1.82, 2.24) is 9.55 Å². The molecule has 3 aromatic rings. The quantitative estimate of drug-likeness (QED) is 0.709. The van der Waals surface area contributed by atoms with Gasteiger partial charge < -0.3 is 14.4 Å². The van der Waals surface area contributed by atoms with Gasteiger partial charge in [-0.2, -0.15) is 5.26 Å². The third-order valence-electron chi connectivity index (χ3n) is 6.25. The van der Waals surface area contributed by atoms with E-state index in [-0.39, 0.29) is 5.75 Å². The average molecular weight is 402 g/mol. The van der Waals surface area contributed by atoms with Crippen LogP contribution in [0.5, 0.6) is 5.75 Å². The van der Waals surface area contributed by atoms with Crippen molar-refractivity contribution in [1.29, 1.82) is 5.26 Å². The maximum absolute atomic E-state index is 12.6. The van der Waals surface area contributed by atoms with Gasteiger partial charge in [-0.25, -0.2) is 9.78 Å². The lowest BCUT2D eigenvalue weighted by Gasteiger charge is -2.36. The van der Waals surface area contributed by atoms with Crippen LogP contribution in [-0.2, 0) is 11.3 Å². The highest BCUT2D eigenvalue weighted by atomic mass is 16.6. The van der Waals surface area contributed by atoms with E-state index in [0.717, 1.165) is 43.3 Å². The number of hydrogen-bond donors (Lipinski definition) is 1. The molecule has 2 atom stereocenters. The third-order valence-corrected chi connectivity index (χ3v) is 6.25. The number of nitrogens with zero attached hydrogens (tertiary/aromatic N) is 4. The molecule has 7 nitrogen and oxygen atoms in total. The molecule has 30 heavy (non-hydrogen) atoms. The first-order chi connectivity index (χ1) is 14.6. The Bertz CT molecular complexity index is 1160. The smallest absolute Gasteiger partial charge is 0.415 e. The van der Waals surface area contributed by atoms with E-state index >= 15 is 0 Å². The molecule has 7 heteroatoms. The Hall–Kier alpha value is -3.53. The number of imidazole rings is 1. The number of fused-ring (bicyclic) bond motifs is 1. The van der Waals surface area contributed by atoms with Gasteiger partial charge in [0, 0.05) is 6.54 Å². The topological polar surface area (TPSA) is 91.4 Å². The van der Waals surface area contributed by atoms with Gasteiger partial charge >= 0.3 is 6.09 Å². The molecule has 1 amide bonds. The van der Waals surface area contributed by atoms with E-state index in [1.165, 1.54) is 0 Å². The Morgan fingerprint density at radius 3 is 3.00 bits per heavy atom. The maximum atomic E-state index is 12.6. The zero-order valence-corrected chi connectivity index (χ0v) is 16.5. The van der Waals surface area contributed by atoms with Gasteiger partial charge in [0.1, 0.15) is 11.4 Å². The SMILES string of the molecule is N#Cc1ccc2ncn(C[C@H]3CCC[C@]4(C3)CN(c3ccccc3O)C(=O)O4)c2c1. The van der Waals surface area contributed by atoms with Gasteiger partial charge in [-0.05, 0) is 61.9 Å². The summed E-state index contributed by atoms with van der Waals surface area (Å²) in [5, 5.41) is 19.4. The minimum absolute atomic E-state index is 0.0806. The van der Waals surface area contributed by atoms with Crippen LogP contribution < -0.4 is 4.90 Å². The number of anilines is 1. The standard InChI is InChI=1S/C23H22N4O3/c24-12-16-7-8-18-20(10-16)26(15-25-18)13-17-4-3-9-23(11-17)14-27(22(29)30-23)19-5-1-2-6-21(19)28/h1-2,5-8,10,15,17,28H,3-4,9,11,13-14H2/t17-,23-/m0/s1. The van der Waals surface area contributed by atoms with Gasteiger partial charge in [-0.15, -0.1) is 0 Å². The second kappa shape index (κ2) is 7.06. The van der Waals surface area contributed by atoms with Crippen LogP contribution in [0.1, 0.15) is 31.2 Å². The Morgan fingerprint density at radius 1 is 1.30 bits per heavy atom. The van der Waals surface area contributed by atoms with Crippen molar-refractivity contribution in [2.24, 2.45) is 5.92 Å². The van der Waals surface area contributed by atoms with Gasteiger partial charge in [0.05, 0.1) is 41.2 Å². The summed E-state index contributed by atoms with van der Waals surface area (Å²) >= 11 is 0. The first kappa shape index (κ1) is 18.5. The van der Waals surface area contributed by atoms with Gasteiger partial charge in [0.15, 0.2) is 0 Å². The minimum atomic E-state index is -0.531. The van der Waals surface area contributed by atoms with Crippen molar-refractivity contribution in [3.8, 4) is 11.8 Å². The molecule has 5 rings (SSSR count). The van der Waals surface area contributed by atoms with E-state index < -0.39 is 11.7 Å². The number of carbonyl (C=O) groups is 1. The molecule has 1 aromatic heterocycles. The zero-order chi connectivity index (χ0) is 20.7. The third kappa shape index (κ3) is 3.14. The predicted octanol–water partition coefficient (Wildman–Crippen LogP) is 4.20. The number of rotatable bonds is 3. The van der Waals surface area contributed by atoms with Crippen molar-refractivity contribution in [3.63, 3.8) is 0 Å². The second-order valence-corrected chi connectivity index (χ2v) is 8.30. The van der Waals surface area contributed by atoms with E-state index in [9.17, 15) is 15.2 Å². The summed E-state index contributed by atoms with van der Waals surface area (Å²) in [5.74, 6) is 0.413. The molecule has 152 valence electrons. The Labute approximate surface area is 174 Å². The summed E-state index contributed by atoms with van der Waals surface area (Å²) in [6.07, 6.45) is 5.03. The molecule has 0 bridgehead atoms. The summed E-state index contributed by atoms with van der Waals surface area (Å²) in [5.41, 5.74) is 2.40. The molecular weight excluding hydrogens is 380 g/mol. The van der Waals surface area contributed by atoms with Crippen LogP contribution in [0.25, 0.3) is 11.0 Å². The molecule has 1 saturated heterocycles. The molecule has 1 saturated carbocycles. The molecule has 2 fully saturated rings. The predicted molar refractivity (Wildman–Crippen MR) is 111 cm³/mol. The van der Waals surface area contributed by atoms with E-state index in [4.69, 9.17) is 4.74 Å². The van der Waals surface area contributed by atoms with Crippen molar-refractivity contribution >= 4 is 22.8 Å². The number of phenolic OH excluding ortho intramolecular Hbond substituents is 1. The molecule has 1 aliphatic heterocycles. The summed E-state index contributed by atoms with van der Waals surface area (Å²) in [6, 6.07) is 14.6. The number of nitriles is 1. The Balaban J connectivity index is 1.36. The molecule has 2 aromatic carbocycles. The highest BCUT2D eigenvalue weighted by Crippen LogP contribution is 2.43. The van der Waals surface area contributed by atoms with Crippen LogP contribution in [0.4, 0.5) is 10.5 Å². The van der Waals surface area contributed by atoms with Crippen LogP contribution in [0.2, 0.25) is 0 Å². The molecule has 1 aliphatic carbocycles. The number of benzene rings is 2. The fraction of sp³-hybridized carbons (Fsp3) is 0.348. The van der Waals surface area contributed by atoms with E-state index in [1.807, 2.05) is 18.5 Å². The molecule has 1 N–H and O–H groups in total. The number of para-hydroxylation sites is 2. The fourth-order valence-electron chi connectivity index (χ4n) is 4.89. The van der Waals surface area contributed by atoms with Crippen molar-refractivity contribution in [2.75, 3.05) is 11.4 Å². The lowest BCUT2D eigenvalue weighted by molar-refractivity contribution is 0.00439. The monoisotopic (exact) mass is 402 g/mol. The van der Waals surface area contributed by atoms with Crippen LogP contribution >= 0.6 is 0 Å². The minimum Gasteiger partial charge on any atom is -0.506 e. The summed E-state index contributed by atoms with van der Waals surface area (Å²) in [4.78, 5) is 18.6. The molecule has 2 aliphatic rings. The van der Waals surface area contributed by atoms with Crippen molar-refractivity contribution in [3.05, 3.63) is 54.4 Å². The van der Waals surface area contributed by atoms with Crippen molar-refractivity contribution < 1.29 is 14.6 Å². The Morgan fingerprint density at radius 2 is 2.17 bits per heavy atom. The normalized spacial score (nSPS) is 23.6. The number of carbonyl (C=O) groups excluding carboxylic acids is 1. The number of hydrogen-bond acceptors (Lipinski definition) is 5. The molecule has 0 unspecified atom stereocenters. The highest BCUT2D eigenvalue weighted by Gasteiger charge is 2.48. The maximum Gasteiger partial charge on any atom is 0.415 e. The average Bonchev–Trinajstić information content (AvgIpc) is 3.28. The number of aromatic hydroxyl groups is 1. The lowest BCUT2D eigenvalue weighted by atomic mass is 9.78. The van der Waals surface area contributed by atoms with Crippen LogP contribution in [-0.4, -0.2) is 32.9 Å². The number of aromatic nitrogens is 2. The van der Waals surface area contributed by atoms with Crippen LogP contribution in [0.3, 0.4) is 0 Å². The van der Waals surface area contributed by atoms with E-state index in [1.54, 1.807) is 35.2 Å². The van der Waals surface area contributed by atoms with Gasteiger partial charge in [-0.3, -0.25) is 4.90 Å². The molecule has 1 spiro atoms. The summed E-state index contributed by atoms with van der Waals surface area (Å²) in [7, 11) is 0. The molecular formula is C23H22N4O3. The lowest BCUT2D eigenvalue weighted by Crippen LogP contribution is -2.40. The van der Waals surface area contributed by atoms with E-state index in [2.05, 4.69) is 15.6 Å². The Kier molecular flexibility index (Phi) is 4.35. The number of amides is 1. The number of ether oxygens (including phenoxy) is 1. The highest BCUT2D eigenvalue weighted by molar-refractivity contribution is 5.92. The molecule has 2 heterocycles. The fourth-order valence-corrected chi connectivity index (χ4v) is 4.89. The van der Waals surface area contributed by atoms with Gasteiger partial charge in [-0.1, -0.05) is 12.1 Å². The van der Waals surface area contributed by atoms with Gasteiger partial charge in [0.2, 0.25) is 0 Å². The molecule has 0 radical (unpaired) electrons. The van der Waals surface area contributed by atoms with Crippen LogP contribution in [0, 0.1) is 17.2 Å². The summed E-state index contributed by atoms with van der Waals surface area (Å²) in [6.45, 7) is 1.21.